The number of nitrogens with zero attached hydrogens (tertiary/aromatic N) is 1. The summed E-state index contributed by atoms with van der Waals surface area (Å²) < 4.78 is 13.2. The van der Waals surface area contributed by atoms with Crippen molar-refractivity contribution < 1.29 is 19.1 Å². The molecule has 1 aliphatic carbocycles. The topological polar surface area (TPSA) is 57.5 Å². The largest absolute Gasteiger partial charge is 0.465 e. The van der Waals surface area contributed by atoms with Crippen LogP contribution >= 0.6 is 0 Å². The zero-order valence-corrected chi connectivity index (χ0v) is 17.8. The second-order valence-corrected chi connectivity index (χ2v) is 7.94. The van der Waals surface area contributed by atoms with Crippen molar-refractivity contribution in [2.24, 2.45) is 0 Å². The number of Topliss-reactive ketones (excluding diaryl/α,β-unsaturated/α-hetero) is 1. The van der Waals surface area contributed by atoms with E-state index in [1.54, 1.807) is 6.07 Å². The van der Waals surface area contributed by atoms with Gasteiger partial charge in [0.05, 0.1) is 18.2 Å². The summed E-state index contributed by atoms with van der Waals surface area (Å²) in [6, 6.07) is 23.2. The molecule has 160 valence electrons. The minimum absolute atomic E-state index is 0.0903. The zero-order valence-electron chi connectivity index (χ0n) is 17.8. The molecule has 0 spiro atoms. The van der Waals surface area contributed by atoms with Crippen LogP contribution in [0.1, 0.15) is 44.8 Å². The van der Waals surface area contributed by atoms with Crippen LogP contribution in [-0.2, 0) is 17.7 Å². The van der Waals surface area contributed by atoms with Crippen molar-refractivity contribution in [1.82, 2.24) is 4.57 Å². The van der Waals surface area contributed by atoms with Gasteiger partial charge in [0.15, 0.2) is 5.78 Å². The lowest BCUT2D eigenvalue weighted by Gasteiger charge is -2.16. The van der Waals surface area contributed by atoms with Gasteiger partial charge in [-0.3, -0.25) is 4.79 Å². The monoisotopic (exact) mass is 425 g/mol. The van der Waals surface area contributed by atoms with E-state index >= 15 is 0 Å². The van der Waals surface area contributed by atoms with E-state index in [9.17, 15) is 9.59 Å². The van der Waals surface area contributed by atoms with Crippen LogP contribution in [0.2, 0.25) is 0 Å². The second kappa shape index (κ2) is 8.35. The van der Waals surface area contributed by atoms with Crippen LogP contribution in [-0.4, -0.2) is 23.4 Å². The lowest BCUT2D eigenvalue weighted by molar-refractivity contribution is 0.0603. The molecule has 1 aromatic heterocycles. The van der Waals surface area contributed by atoms with Crippen molar-refractivity contribution >= 4 is 22.7 Å². The van der Waals surface area contributed by atoms with Crippen LogP contribution in [0.5, 0.6) is 11.5 Å². The Balaban J connectivity index is 1.59. The fourth-order valence-electron chi connectivity index (χ4n) is 4.53. The minimum Gasteiger partial charge on any atom is -0.465 e. The van der Waals surface area contributed by atoms with E-state index in [1.165, 1.54) is 7.11 Å². The average Bonchev–Trinajstić information content (AvgIpc) is 3.14. The molecule has 0 unspecified atom stereocenters. The van der Waals surface area contributed by atoms with E-state index in [4.69, 9.17) is 9.47 Å². The lowest BCUT2D eigenvalue weighted by Crippen LogP contribution is -2.14. The van der Waals surface area contributed by atoms with Crippen LogP contribution < -0.4 is 4.74 Å². The number of benzene rings is 3. The van der Waals surface area contributed by atoms with Crippen LogP contribution in [0.3, 0.4) is 0 Å². The number of ketones is 1. The van der Waals surface area contributed by atoms with Gasteiger partial charge in [-0.1, -0.05) is 36.4 Å². The number of ether oxygens (including phenoxy) is 2. The molecule has 0 saturated carbocycles. The Bertz CT molecular complexity index is 1320. The first-order chi connectivity index (χ1) is 15.7. The highest BCUT2D eigenvalue weighted by atomic mass is 16.5. The van der Waals surface area contributed by atoms with Gasteiger partial charge in [0.25, 0.3) is 0 Å². The van der Waals surface area contributed by atoms with E-state index < -0.39 is 5.97 Å². The Labute approximate surface area is 186 Å². The molecular formula is C27H23NO4. The van der Waals surface area contributed by atoms with Gasteiger partial charge in [0, 0.05) is 29.6 Å². The lowest BCUT2D eigenvalue weighted by atomic mass is 9.92. The Hall–Kier alpha value is -3.86. The third-order valence-corrected chi connectivity index (χ3v) is 5.92. The summed E-state index contributed by atoms with van der Waals surface area (Å²) >= 11 is 0. The molecule has 0 atom stereocenters. The molecule has 0 aliphatic heterocycles. The smallest absolute Gasteiger partial charge is 0.338 e. The van der Waals surface area contributed by atoms with E-state index in [2.05, 4.69) is 4.57 Å². The first kappa shape index (κ1) is 20.1. The quantitative estimate of drug-likeness (QED) is 0.380. The minimum atomic E-state index is -0.424. The third kappa shape index (κ3) is 3.56. The Morgan fingerprint density at radius 2 is 1.72 bits per heavy atom. The number of hydrogen-bond acceptors (Lipinski definition) is 4. The molecule has 3 aromatic carbocycles. The van der Waals surface area contributed by atoms with Crippen LogP contribution in [0.4, 0.5) is 0 Å². The van der Waals surface area contributed by atoms with Gasteiger partial charge in [-0.15, -0.1) is 0 Å². The Morgan fingerprint density at radius 1 is 0.938 bits per heavy atom. The Morgan fingerprint density at radius 3 is 2.53 bits per heavy atom. The SMILES string of the molecule is COC(=O)c1cccc2c1c1c(n2Cc2cccc(Oc3ccccc3)c2)CCCC1=O. The number of fused-ring (bicyclic) bond motifs is 3. The van der Waals surface area contributed by atoms with Crippen LogP contribution in [0.25, 0.3) is 10.9 Å². The number of rotatable bonds is 5. The maximum atomic E-state index is 12.9. The molecule has 1 heterocycles. The first-order valence-electron chi connectivity index (χ1n) is 10.7. The Kier molecular flexibility index (Phi) is 5.23. The summed E-state index contributed by atoms with van der Waals surface area (Å²) in [5, 5.41) is 0.704. The molecule has 0 radical (unpaired) electrons. The van der Waals surface area contributed by atoms with Gasteiger partial charge >= 0.3 is 5.97 Å². The predicted molar refractivity (Wildman–Crippen MR) is 123 cm³/mol. The number of carbonyl (C=O) groups excluding carboxylic acids is 2. The van der Waals surface area contributed by atoms with Crippen molar-refractivity contribution in [3.8, 4) is 11.5 Å². The molecule has 1 aliphatic rings. The number of carbonyl (C=O) groups is 2. The maximum absolute atomic E-state index is 12.9. The highest BCUT2D eigenvalue weighted by molar-refractivity contribution is 6.16. The molecule has 5 rings (SSSR count). The van der Waals surface area contributed by atoms with Gasteiger partial charge in [0.2, 0.25) is 0 Å². The second-order valence-electron chi connectivity index (χ2n) is 7.94. The summed E-state index contributed by atoms with van der Waals surface area (Å²) in [5.74, 6) is 1.20. The standard InChI is InChI=1S/C27H23NO4/c1-31-27(30)21-12-6-13-22-25(21)26-23(14-7-15-24(26)29)28(22)17-18-8-5-11-20(16-18)32-19-9-3-2-4-10-19/h2-6,8-13,16H,7,14-15,17H2,1H3. The molecular weight excluding hydrogens is 402 g/mol. The summed E-state index contributed by atoms with van der Waals surface area (Å²) in [5.41, 5.74) is 4.03. The van der Waals surface area contributed by atoms with Crippen molar-refractivity contribution in [3.63, 3.8) is 0 Å². The molecule has 5 heteroatoms. The third-order valence-electron chi connectivity index (χ3n) is 5.92. The molecule has 32 heavy (non-hydrogen) atoms. The summed E-state index contributed by atoms with van der Waals surface area (Å²) in [4.78, 5) is 25.3. The molecule has 0 N–H and O–H groups in total. The first-order valence-corrected chi connectivity index (χ1v) is 10.7. The fourth-order valence-corrected chi connectivity index (χ4v) is 4.53. The van der Waals surface area contributed by atoms with E-state index in [0.717, 1.165) is 41.1 Å². The molecule has 0 bridgehead atoms. The molecule has 0 saturated heterocycles. The van der Waals surface area contributed by atoms with Gasteiger partial charge in [-0.25, -0.2) is 4.79 Å². The fraction of sp³-hybridized carbons (Fsp3) is 0.185. The maximum Gasteiger partial charge on any atom is 0.338 e. The summed E-state index contributed by atoms with van der Waals surface area (Å²) in [7, 11) is 1.37. The number of aromatic nitrogens is 1. The molecule has 5 nitrogen and oxygen atoms in total. The van der Waals surface area contributed by atoms with E-state index in [0.29, 0.717) is 29.5 Å². The van der Waals surface area contributed by atoms with Gasteiger partial charge in [0.1, 0.15) is 11.5 Å². The predicted octanol–water partition coefficient (Wildman–Crippen LogP) is 5.79. The van der Waals surface area contributed by atoms with Crippen molar-refractivity contribution in [1.29, 1.82) is 0 Å². The number of methoxy groups -OCH3 is 1. The van der Waals surface area contributed by atoms with Gasteiger partial charge in [-0.2, -0.15) is 0 Å². The summed E-state index contributed by atoms with van der Waals surface area (Å²) in [6.45, 7) is 0.579. The average molecular weight is 425 g/mol. The summed E-state index contributed by atoms with van der Waals surface area (Å²) in [6.07, 6.45) is 2.12. The molecule has 4 aromatic rings. The van der Waals surface area contributed by atoms with Crippen molar-refractivity contribution in [3.05, 3.63) is 95.2 Å². The van der Waals surface area contributed by atoms with E-state index in [-0.39, 0.29) is 5.78 Å². The molecule has 0 amide bonds. The highest BCUT2D eigenvalue weighted by Gasteiger charge is 2.29. The van der Waals surface area contributed by atoms with Gasteiger partial charge < -0.3 is 14.0 Å². The molecule has 0 fully saturated rings. The van der Waals surface area contributed by atoms with Crippen LogP contribution in [0, 0.1) is 0 Å². The van der Waals surface area contributed by atoms with Gasteiger partial charge in [-0.05, 0) is 54.8 Å². The number of hydrogen-bond donors (Lipinski definition) is 0. The zero-order chi connectivity index (χ0) is 22.1. The van der Waals surface area contributed by atoms with Crippen molar-refractivity contribution in [2.45, 2.75) is 25.8 Å². The number of esters is 1. The highest BCUT2D eigenvalue weighted by Crippen LogP contribution is 2.35. The van der Waals surface area contributed by atoms with E-state index in [1.807, 2.05) is 66.7 Å². The normalized spacial score (nSPS) is 13.1. The van der Waals surface area contributed by atoms with Crippen LogP contribution in [0.15, 0.2) is 72.8 Å². The number of para-hydroxylation sites is 1. The van der Waals surface area contributed by atoms with Crippen molar-refractivity contribution in [2.75, 3.05) is 7.11 Å².